The molecule has 37 heavy (non-hydrogen) atoms. The SMILES string of the molecule is CCc1c(C)c(Nc2cc(S(=O)(=O)O)c(N)c3c2C(=O)c2ccccc2C3=O)c(C)c(S(=O)(=O)O)c1C. The second kappa shape index (κ2) is 8.77. The number of ketones is 2. The van der Waals surface area contributed by atoms with Crippen LogP contribution in [0.2, 0.25) is 0 Å². The number of anilines is 3. The molecule has 0 amide bonds. The van der Waals surface area contributed by atoms with Gasteiger partial charge in [0.05, 0.1) is 22.5 Å². The highest BCUT2D eigenvalue weighted by Gasteiger charge is 2.37. The van der Waals surface area contributed by atoms with Crippen LogP contribution in [0.4, 0.5) is 17.1 Å². The summed E-state index contributed by atoms with van der Waals surface area (Å²) in [7, 11) is -9.60. The molecule has 12 heteroatoms. The molecule has 194 valence electrons. The molecule has 0 radical (unpaired) electrons. The van der Waals surface area contributed by atoms with Gasteiger partial charge in [0.2, 0.25) is 0 Å². The predicted molar refractivity (Wildman–Crippen MR) is 137 cm³/mol. The molecule has 0 atom stereocenters. The van der Waals surface area contributed by atoms with Gasteiger partial charge in [0.1, 0.15) is 9.79 Å². The van der Waals surface area contributed by atoms with Gasteiger partial charge in [-0.15, -0.1) is 0 Å². The van der Waals surface area contributed by atoms with Gasteiger partial charge in [0, 0.05) is 16.8 Å². The monoisotopic (exact) mass is 544 g/mol. The Morgan fingerprint density at radius 3 is 1.86 bits per heavy atom. The summed E-state index contributed by atoms with van der Waals surface area (Å²) >= 11 is 0. The standard InChI is InChI=1S/C25H24N2O8S2/c1-5-14-11(2)22(13(4)25(12(14)3)37(33,34)35)27-17-10-18(36(30,31)32)21(26)20-19(17)23(28)15-8-6-7-9-16(15)24(20)29/h6-10,27H,5,26H2,1-4H3,(H,30,31,32)(H,33,34,35). The first-order valence-electron chi connectivity index (χ1n) is 11.1. The number of benzene rings is 3. The Labute approximate surface area is 214 Å². The van der Waals surface area contributed by atoms with Gasteiger partial charge in [-0.2, -0.15) is 16.8 Å². The van der Waals surface area contributed by atoms with Crippen LogP contribution < -0.4 is 11.1 Å². The van der Waals surface area contributed by atoms with Crippen molar-refractivity contribution in [2.24, 2.45) is 0 Å². The third-order valence-electron chi connectivity index (χ3n) is 6.69. The minimum atomic E-state index is -4.94. The Morgan fingerprint density at radius 1 is 0.838 bits per heavy atom. The largest absolute Gasteiger partial charge is 0.397 e. The zero-order valence-corrected chi connectivity index (χ0v) is 22.0. The van der Waals surface area contributed by atoms with E-state index in [0.717, 1.165) is 6.07 Å². The second-order valence-electron chi connectivity index (χ2n) is 8.78. The molecule has 3 aromatic carbocycles. The van der Waals surface area contributed by atoms with E-state index in [1.807, 2.05) is 0 Å². The highest BCUT2D eigenvalue weighted by Crippen LogP contribution is 2.42. The van der Waals surface area contributed by atoms with Gasteiger partial charge in [-0.25, -0.2) is 0 Å². The van der Waals surface area contributed by atoms with Crippen molar-refractivity contribution >= 4 is 48.9 Å². The fraction of sp³-hybridized carbons (Fsp3) is 0.200. The number of carbonyl (C=O) groups excluding carboxylic acids is 2. The molecule has 0 heterocycles. The molecule has 10 nitrogen and oxygen atoms in total. The zero-order chi connectivity index (χ0) is 27.6. The number of hydrogen-bond donors (Lipinski definition) is 4. The highest BCUT2D eigenvalue weighted by molar-refractivity contribution is 7.86. The predicted octanol–water partition coefficient (Wildman–Crippen LogP) is 3.77. The molecule has 1 aliphatic rings. The van der Waals surface area contributed by atoms with E-state index in [-0.39, 0.29) is 38.5 Å². The molecule has 0 saturated carbocycles. The minimum Gasteiger partial charge on any atom is -0.397 e. The van der Waals surface area contributed by atoms with Crippen LogP contribution in [0.25, 0.3) is 0 Å². The molecular weight excluding hydrogens is 520 g/mol. The van der Waals surface area contributed by atoms with E-state index >= 15 is 0 Å². The number of nitrogen functional groups attached to an aromatic ring is 1. The van der Waals surface area contributed by atoms with Crippen molar-refractivity contribution in [3.63, 3.8) is 0 Å². The third kappa shape index (κ3) is 4.11. The Bertz CT molecular complexity index is 1760. The van der Waals surface area contributed by atoms with E-state index in [2.05, 4.69) is 5.32 Å². The van der Waals surface area contributed by atoms with Gasteiger partial charge in [-0.3, -0.25) is 18.7 Å². The smallest absolute Gasteiger partial charge is 0.296 e. The molecule has 4 rings (SSSR count). The number of hydrogen-bond acceptors (Lipinski definition) is 8. The Kier molecular flexibility index (Phi) is 6.28. The fourth-order valence-corrected chi connectivity index (χ4v) is 6.74. The molecule has 5 N–H and O–H groups in total. The first kappa shape index (κ1) is 26.5. The summed E-state index contributed by atoms with van der Waals surface area (Å²) < 4.78 is 68.6. The second-order valence-corrected chi connectivity index (χ2v) is 11.5. The quantitative estimate of drug-likeness (QED) is 0.213. The van der Waals surface area contributed by atoms with Crippen molar-refractivity contribution in [2.75, 3.05) is 11.1 Å². The van der Waals surface area contributed by atoms with Crippen LogP contribution in [-0.2, 0) is 26.7 Å². The van der Waals surface area contributed by atoms with E-state index in [1.54, 1.807) is 32.9 Å². The summed E-state index contributed by atoms with van der Waals surface area (Å²) in [6, 6.07) is 6.89. The van der Waals surface area contributed by atoms with Crippen LogP contribution in [0, 0.1) is 20.8 Å². The first-order chi connectivity index (χ1) is 17.1. The number of rotatable bonds is 5. The molecule has 0 saturated heterocycles. The van der Waals surface area contributed by atoms with Crippen molar-refractivity contribution in [3.8, 4) is 0 Å². The first-order valence-corrected chi connectivity index (χ1v) is 14.0. The fourth-order valence-electron chi connectivity index (χ4n) is 5.09. The summed E-state index contributed by atoms with van der Waals surface area (Å²) in [6.45, 7) is 6.50. The van der Waals surface area contributed by atoms with Crippen LogP contribution >= 0.6 is 0 Å². The van der Waals surface area contributed by atoms with Gasteiger partial charge in [0.15, 0.2) is 11.6 Å². The van der Waals surface area contributed by atoms with Crippen LogP contribution in [0.1, 0.15) is 61.0 Å². The lowest BCUT2D eigenvalue weighted by Gasteiger charge is -2.26. The van der Waals surface area contributed by atoms with Crippen molar-refractivity contribution in [1.82, 2.24) is 0 Å². The van der Waals surface area contributed by atoms with Crippen LogP contribution in [0.15, 0.2) is 40.1 Å². The topological polar surface area (TPSA) is 181 Å². The third-order valence-corrected chi connectivity index (χ3v) is 8.71. The summed E-state index contributed by atoms with van der Waals surface area (Å²) in [6.07, 6.45) is 0.399. The number of nitrogens with two attached hydrogens (primary N) is 1. The van der Waals surface area contributed by atoms with E-state index in [1.165, 1.54) is 19.1 Å². The summed E-state index contributed by atoms with van der Waals surface area (Å²) in [5.74, 6) is -1.32. The van der Waals surface area contributed by atoms with Crippen molar-refractivity contribution < 1.29 is 35.5 Å². The van der Waals surface area contributed by atoms with Crippen molar-refractivity contribution in [3.05, 3.63) is 74.8 Å². The maximum absolute atomic E-state index is 13.6. The van der Waals surface area contributed by atoms with E-state index in [9.17, 15) is 35.5 Å². The lowest BCUT2D eigenvalue weighted by molar-refractivity contribution is 0.0980. The van der Waals surface area contributed by atoms with Crippen LogP contribution in [-0.4, -0.2) is 37.5 Å². The molecule has 0 spiro atoms. The molecular formula is C25H24N2O8S2. The van der Waals surface area contributed by atoms with E-state index in [4.69, 9.17) is 5.73 Å². The number of carbonyl (C=O) groups is 2. The Hall–Kier alpha value is -3.58. The number of fused-ring (bicyclic) bond motifs is 2. The van der Waals surface area contributed by atoms with Gasteiger partial charge >= 0.3 is 0 Å². The summed E-state index contributed by atoms with van der Waals surface area (Å²) in [4.78, 5) is 25.8. The zero-order valence-electron chi connectivity index (χ0n) is 20.3. The normalized spacial score (nSPS) is 13.4. The van der Waals surface area contributed by atoms with Crippen LogP contribution in [0.3, 0.4) is 0 Å². The average molecular weight is 545 g/mol. The summed E-state index contributed by atoms with van der Waals surface area (Å²) in [5, 5.41) is 2.92. The molecule has 3 aromatic rings. The van der Waals surface area contributed by atoms with Crippen LogP contribution in [0.5, 0.6) is 0 Å². The van der Waals surface area contributed by atoms with Gasteiger partial charge in [-0.05, 0) is 55.5 Å². The maximum Gasteiger partial charge on any atom is 0.296 e. The molecule has 0 fully saturated rings. The van der Waals surface area contributed by atoms with E-state index < -0.39 is 47.9 Å². The maximum atomic E-state index is 13.6. The lowest BCUT2D eigenvalue weighted by atomic mass is 9.82. The van der Waals surface area contributed by atoms with Crippen molar-refractivity contribution in [2.45, 2.75) is 43.9 Å². The van der Waals surface area contributed by atoms with Gasteiger partial charge in [0.25, 0.3) is 20.2 Å². The summed E-state index contributed by atoms with van der Waals surface area (Å²) in [5.41, 5.74) is 6.57. The molecule has 1 aliphatic carbocycles. The lowest BCUT2D eigenvalue weighted by Crippen LogP contribution is -2.25. The number of nitrogens with one attached hydrogen (secondary N) is 1. The average Bonchev–Trinajstić information content (AvgIpc) is 2.79. The van der Waals surface area contributed by atoms with E-state index in [0.29, 0.717) is 23.1 Å². The van der Waals surface area contributed by atoms with Gasteiger partial charge in [-0.1, -0.05) is 31.2 Å². The molecule has 0 unspecified atom stereocenters. The van der Waals surface area contributed by atoms with Gasteiger partial charge < -0.3 is 11.1 Å². The van der Waals surface area contributed by atoms with Crippen molar-refractivity contribution in [1.29, 1.82) is 0 Å². The minimum absolute atomic E-state index is 0.0229. The molecule has 0 aliphatic heterocycles. The Morgan fingerprint density at radius 2 is 1.38 bits per heavy atom. The molecule has 0 bridgehead atoms. The Balaban J connectivity index is 2.11. The highest BCUT2D eigenvalue weighted by atomic mass is 32.2. The molecule has 0 aromatic heterocycles.